The van der Waals surface area contributed by atoms with E-state index in [1.165, 1.54) is 20.4 Å². The number of esters is 1. The van der Waals surface area contributed by atoms with Crippen molar-refractivity contribution < 1.29 is 38.4 Å². The molecule has 1 aliphatic rings. The number of hydrazone groups is 1. The van der Waals surface area contributed by atoms with Crippen LogP contribution in [-0.4, -0.2) is 64.1 Å². The quantitative estimate of drug-likeness (QED) is 0.124. The maximum atomic E-state index is 12.4. The molecule has 2 atom stereocenters. The molecule has 13 heteroatoms. The third kappa shape index (κ3) is 7.33. The van der Waals surface area contributed by atoms with E-state index in [9.17, 15) is 14.7 Å². The summed E-state index contributed by atoms with van der Waals surface area (Å²) in [5.41, 5.74) is 4.55. The summed E-state index contributed by atoms with van der Waals surface area (Å²) in [4.78, 5) is 24.5. The number of methoxy groups -OCH3 is 3. The first-order valence-electron chi connectivity index (χ1n) is 11.9. The number of halogens is 1. The molecule has 2 aromatic rings. The van der Waals surface area contributed by atoms with Crippen molar-refractivity contribution in [2.45, 2.75) is 26.1 Å². The Morgan fingerprint density at radius 2 is 1.92 bits per heavy atom. The predicted octanol–water partition coefficient (Wildman–Crippen LogP) is 2.99. The van der Waals surface area contributed by atoms with E-state index in [1.807, 2.05) is 6.92 Å². The van der Waals surface area contributed by atoms with Crippen LogP contribution in [0.25, 0.3) is 0 Å². The Balaban J connectivity index is 1.70. The smallest absolute Gasteiger partial charge is 0.337 e. The maximum absolute atomic E-state index is 12.4. The fourth-order valence-corrected chi connectivity index (χ4v) is 4.45. The average molecular weight is 607 g/mol. The Hall–Kier alpha value is -3.97. The van der Waals surface area contributed by atoms with Gasteiger partial charge in [-0.2, -0.15) is 5.10 Å². The summed E-state index contributed by atoms with van der Waals surface area (Å²) in [6.07, 6.45) is 0.372. The van der Waals surface area contributed by atoms with Crippen LogP contribution >= 0.6 is 15.9 Å². The van der Waals surface area contributed by atoms with Crippen LogP contribution in [0.1, 0.15) is 31.0 Å². The Kier molecular flexibility index (Phi) is 10.4. The van der Waals surface area contributed by atoms with E-state index in [4.69, 9.17) is 23.7 Å². The number of carbonyl (C=O) groups is 2. The van der Waals surface area contributed by atoms with Gasteiger partial charge in [0.05, 0.1) is 50.2 Å². The number of ether oxygens (including phenoxy) is 5. The van der Waals surface area contributed by atoms with Gasteiger partial charge in [0.25, 0.3) is 0 Å². The van der Waals surface area contributed by atoms with E-state index < -0.39 is 24.3 Å². The van der Waals surface area contributed by atoms with Crippen molar-refractivity contribution >= 4 is 34.1 Å². The van der Waals surface area contributed by atoms with E-state index in [2.05, 4.69) is 37.1 Å². The van der Waals surface area contributed by atoms with Crippen LogP contribution in [0.4, 0.5) is 4.79 Å². The minimum atomic E-state index is -1.14. The summed E-state index contributed by atoms with van der Waals surface area (Å²) in [5, 5.41) is 19.7. The molecule has 0 unspecified atom stereocenters. The fraction of sp³-hybridized carbons (Fsp3) is 0.346. The number of aliphatic hydroxyl groups excluding tert-OH is 1. The molecule has 1 heterocycles. The Labute approximate surface area is 234 Å². The van der Waals surface area contributed by atoms with E-state index in [0.29, 0.717) is 50.9 Å². The number of urea groups is 1. The second-order valence-electron chi connectivity index (χ2n) is 8.15. The topological polar surface area (TPSA) is 149 Å². The fourth-order valence-electron chi connectivity index (χ4n) is 3.83. The molecular weight excluding hydrogens is 576 g/mol. The van der Waals surface area contributed by atoms with Crippen LogP contribution in [0.3, 0.4) is 0 Å². The first kappa shape index (κ1) is 29.6. The third-order valence-electron chi connectivity index (χ3n) is 5.57. The van der Waals surface area contributed by atoms with Crippen molar-refractivity contribution in [3.8, 4) is 23.0 Å². The minimum absolute atomic E-state index is 0.150. The second-order valence-corrected chi connectivity index (χ2v) is 9.01. The van der Waals surface area contributed by atoms with Crippen LogP contribution in [0.2, 0.25) is 0 Å². The van der Waals surface area contributed by atoms with Gasteiger partial charge in [0.15, 0.2) is 29.2 Å². The summed E-state index contributed by atoms with van der Waals surface area (Å²) in [7, 11) is 4.35. The zero-order valence-corrected chi connectivity index (χ0v) is 23.7. The van der Waals surface area contributed by atoms with Gasteiger partial charge in [-0.1, -0.05) is 6.07 Å². The number of carbonyl (C=O) groups excluding carboxylic acids is 2. The molecule has 0 aliphatic carbocycles. The highest BCUT2D eigenvalue weighted by atomic mass is 79.9. The highest BCUT2D eigenvalue weighted by Gasteiger charge is 2.32. The van der Waals surface area contributed by atoms with Gasteiger partial charge in [0.2, 0.25) is 0 Å². The molecule has 0 bridgehead atoms. The number of allylic oxidation sites excluding steroid dienone is 1. The molecule has 12 nitrogen and oxygen atoms in total. The van der Waals surface area contributed by atoms with Gasteiger partial charge in [-0.25, -0.2) is 9.59 Å². The lowest BCUT2D eigenvalue weighted by molar-refractivity contribution is -0.136. The van der Waals surface area contributed by atoms with Crippen LogP contribution in [0.5, 0.6) is 23.0 Å². The van der Waals surface area contributed by atoms with E-state index in [0.717, 1.165) is 0 Å². The lowest BCUT2D eigenvalue weighted by Gasteiger charge is -2.28. The molecule has 0 radical (unpaired) electrons. The highest BCUT2D eigenvalue weighted by Crippen LogP contribution is 2.36. The molecule has 4 N–H and O–H groups in total. The summed E-state index contributed by atoms with van der Waals surface area (Å²) in [6, 6.07) is 7.32. The van der Waals surface area contributed by atoms with Gasteiger partial charge in [-0.05, 0) is 65.2 Å². The van der Waals surface area contributed by atoms with Gasteiger partial charge in [0, 0.05) is 5.70 Å². The van der Waals surface area contributed by atoms with Gasteiger partial charge in [0.1, 0.15) is 6.61 Å². The molecule has 0 fully saturated rings. The number of benzene rings is 2. The largest absolute Gasteiger partial charge is 0.493 e. The third-order valence-corrected chi connectivity index (χ3v) is 6.15. The summed E-state index contributed by atoms with van der Waals surface area (Å²) in [5.74, 6) is 1.24. The van der Waals surface area contributed by atoms with Crippen molar-refractivity contribution in [3.63, 3.8) is 0 Å². The normalized spacial score (nSPS) is 15.8. The van der Waals surface area contributed by atoms with Crippen LogP contribution in [0.15, 0.2) is 51.2 Å². The molecule has 3 rings (SSSR count). The zero-order valence-electron chi connectivity index (χ0n) is 22.2. The van der Waals surface area contributed by atoms with Gasteiger partial charge in [-0.3, -0.25) is 5.43 Å². The molecule has 39 heavy (non-hydrogen) atoms. The van der Waals surface area contributed by atoms with Crippen molar-refractivity contribution in [2.75, 3.05) is 34.5 Å². The number of amides is 2. The summed E-state index contributed by atoms with van der Waals surface area (Å²) < 4.78 is 27.7. The average Bonchev–Trinajstić information content (AvgIpc) is 2.91. The molecule has 2 aromatic carbocycles. The van der Waals surface area contributed by atoms with Crippen LogP contribution < -0.4 is 35.0 Å². The molecular formula is C26H31BrN4O8. The van der Waals surface area contributed by atoms with E-state index in [1.54, 1.807) is 44.4 Å². The number of hydrogen-bond acceptors (Lipinski definition) is 10. The number of hydrogen-bond donors (Lipinski definition) is 4. The predicted molar refractivity (Wildman–Crippen MR) is 146 cm³/mol. The minimum Gasteiger partial charge on any atom is -0.493 e. The van der Waals surface area contributed by atoms with E-state index >= 15 is 0 Å². The number of aliphatic hydroxyl groups is 1. The Morgan fingerprint density at radius 1 is 1.15 bits per heavy atom. The molecule has 0 aromatic heterocycles. The van der Waals surface area contributed by atoms with E-state index in [-0.39, 0.29) is 12.2 Å². The first-order chi connectivity index (χ1) is 18.7. The molecule has 0 spiro atoms. The summed E-state index contributed by atoms with van der Waals surface area (Å²) in [6.45, 7) is 3.62. The van der Waals surface area contributed by atoms with Gasteiger partial charge < -0.3 is 39.4 Å². The number of nitrogens with zero attached hydrogens (tertiary/aromatic N) is 1. The molecule has 2 amide bonds. The Bertz CT molecular complexity index is 1270. The van der Waals surface area contributed by atoms with Gasteiger partial charge >= 0.3 is 12.0 Å². The number of rotatable bonds is 12. The van der Waals surface area contributed by atoms with Crippen molar-refractivity contribution in [1.29, 1.82) is 0 Å². The molecule has 210 valence electrons. The van der Waals surface area contributed by atoms with Crippen molar-refractivity contribution in [3.05, 3.63) is 57.2 Å². The van der Waals surface area contributed by atoms with Crippen molar-refractivity contribution in [1.82, 2.24) is 16.1 Å². The standard InChI is InChI=1S/C26H31BrN4O8/c1-6-38-19-11-16(23-22(25(33)37-5)14(2)29-26(34)30-23)7-8-18(19)39-13-21(32)31-28-12-15-9-17(27)24(36-4)20(10-15)35-3/h7-12,21,23,31-32H,6,13H2,1-5H3,(H2,29,30,34)/b28-12+/t21-,23-/m1/s1. The zero-order chi connectivity index (χ0) is 28.5. The van der Waals surface area contributed by atoms with Crippen LogP contribution in [0, 0.1) is 0 Å². The monoisotopic (exact) mass is 606 g/mol. The second kappa shape index (κ2) is 13.7. The highest BCUT2D eigenvalue weighted by molar-refractivity contribution is 9.10. The SMILES string of the molecule is CCOc1cc([C@H]2NC(=O)NC(C)=C2C(=O)OC)ccc1OC[C@@H](O)N/N=C/c1cc(Br)c(OC)c(OC)c1. The lowest BCUT2D eigenvalue weighted by atomic mass is 9.95. The van der Waals surface area contributed by atoms with Crippen molar-refractivity contribution in [2.24, 2.45) is 5.10 Å². The van der Waals surface area contributed by atoms with Crippen LogP contribution in [-0.2, 0) is 9.53 Å². The molecule has 0 saturated heterocycles. The Morgan fingerprint density at radius 3 is 2.59 bits per heavy atom. The lowest BCUT2D eigenvalue weighted by Crippen LogP contribution is -2.45. The number of nitrogens with one attached hydrogen (secondary N) is 3. The molecule has 0 saturated carbocycles. The molecule has 1 aliphatic heterocycles. The maximum Gasteiger partial charge on any atom is 0.337 e. The summed E-state index contributed by atoms with van der Waals surface area (Å²) >= 11 is 3.42. The van der Waals surface area contributed by atoms with Gasteiger partial charge in [-0.15, -0.1) is 0 Å². The first-order valence-corrected chi connectivity index (χ1v) is 12.7.